The fourth-order valence-electron chi connectivity index (χ4n) is 3.93. The smallest absolute Gasteiger partial charge is 0.238 e. The second-order valence-corrected chi connectivity index (χ2v) is 11.3. The number of halogens is 1. The number of hydrogen-bond acceptors (Lipinski definition) is 7. The molecule has 0 amide bonds. The summed E-state index contributed by atoms with van der Waals surface area (Å²) in [5.74, 6) is 0. The van der Waals surface area contributed by atoms with Gasteiger partial charge in [0.25, 0.3) is 0 Å². The van der Waals surface area contributed by atoms with Gasteiger partial charge in [-0.15, -0.1) is 0 Å². The number of primary sulfonamides is 1. The standard InChI is InChI=1S/C24H22ClN5O2S2/c1-29(2)18-9-5-16(6-10-18)22-14-21(15-3-7-17(25)8-4-15)28-30(22)24-27-20-12-11-19(34(26,31)32)13-23(20)33-24/h3-13,22H,14H2,1-2H3,(H2,26,31,32). The Morgan fingerprint density at radius 3 is 2.41 bits per heavy atom. The Hall–Kier alpha value is -2.98. The summed E-state index contributed by atoms with van der Waals surface area (Å²) in [6.45, 7) is 0. The normalized spacial score (nSPS) is 16.2. The van der Waals surface area contributed by atoms with Crippen molar-refractivity contribution in [3.05, 3.63) is 82.9 Å². The molecular formula is C24H22ClN5O2S2. The van der Waals surface area contributed by atoms with E-state index in [1.165, 1.54) is 17.4 Å². The highest BCUT2D eigenvalue weighted by Gasteiger charge is 2.32. The molecule has 1 unspecified atom stereocenters. The van der Waals surface area contributed by atoms with Gasteiger partial charge in [-0.1, -0.05) is 47.2 Å². The highest BCUT2D eigenvalue weighted by atomic mass is 35.5. The molecule has 0 saturated carbocycles. The summed E-state index contributed by atoms with van der Waals surface area (Å²) in [7, 11) is 0.225. The third-order valence-corrected chi connectivity index (χ3v) is 7.93. The molecule has 0 radical (unpaired) electrons. The van der Waals surface area contributed by atoms with Gasteiger partial charge in [0.2, 0.25) is 15.2 Å². The van der Waals surface area contributed by atoms with Crippen molar-refractivity contribution in [2.45, 2.75) is 17.4 Å². The first-order chi connectivity index (χ1) is 16.2. The Morgan fingerprint density at radius 1 is 1.06 bits per heavy atom. The molecule has 4 aromatic rings. The third kappa shape index (κ3) is 4.39. The van der Waals surface area contributed by atoms with Crippen LogP contribution in [0.4, 0.5) is 10.8 Å². The lowest BCUT2D eigenvalue weighted by Gasteiger charge is -2.22. The van der Waals surface area contributed by atoms with E-state index in [1.54, 1.807) is 12.1 Å². The van der Waals surface area contributed by atoms with Crippen LogP contribution in [0.5, 0.6) is 0 Å². The number of thiazole rings is 1. The molecule has 2 N–H and O–H groups in total. The number of rotatable bonds is 5. The van der Waals surface area contributed by atoms with Gasteiger partial charge in [0.15, 0.2) is 0 Å². The average molecular weight is 512 g/mol. The summed E-state index contributed by atoms with van der Waals surface area (Å²) in [4.78, 5) is 6.88. The van der Waals surface area contributed by atoms with Gasteiger partial charge in [0.1, 0.15) is 0 Å². The van der Waals surface area contributed by atoms with Crippen molar-refractivity contribution in [3.63, 3.8) is 0 Å². The fourth-order valence-corrected chi connectivity index (χ4v) is 5.67. The van der Waals surface area contributed by atoms with Crippen molar-refractivity contribution in [3.8, 4) is 0 Å². The van der Waals surface area contributed by atoms with E-state index in [0.29, 0.717) is 22.1 Å². The number of hydrazone groups is 1. The van der Waals surface area contributed by atoms with Crippen LogP contribution in [0.25, 0.3) is 10.2 Å². The van der Waals surface area contributed by atoms with Crippen LogP contribution < -0.4 is 15.0 Å². The van der Waals surface area contributed by atoms with Crippen LogP contribution >= 0.6 is 22.9 Å². The predicted molar refractivity (Wildman–Crippen MR) is 140 cm³/mol. The van der Waals surface area contributed by atoms with Crippen molar-refractivity contribution < 1.29 is 8.42 Å². The predicted octanol–water partition coefficient (Wildman–Crippen LogP) is 5.02. The lowest BCUT2D eigenvalue weighted by atomic mass is 9.98. The lowest BCUT2D eigenvalue weighted by Crippen LogP contribution is -2.18. The van der Waals surface area contributed by atoms with E-state index in [2.05, 4.69) is 29.2 Å². The minimum Gasteiger partial charge on any atom is -0.378 e. The third-order valence-electron chi connectivity index (χ3n) is 5.76. The van der Waals surface area contributed by atoms with Crippen LogP contribution in [-0.2, 0) is 10.0 Å². The molecule has 0 aliphatic carbocycles. The van der Waals surface area contributed by atoms with Gasteiger partial charge in [-0.05, 0) is 53.6 Å². The van der Waals surface area contributed by atoms with E-state index >= 15 is 0 Å². The van der Waals surface area contributed by atoms with E-state index in [9.17, 15) is 8.42 Å². The quantitative estimate of drug-likeness (QED) is 0.406. The van der Waals surface area contributed by atoms with Crippen LogP contribution in [0, 0.1) is 0 Å². The molecule has 1 aliphatic rings. The van der Waals surface area contributed by atoms with Crippen LogP contribution in [0.15, 0.2) is 76.7 Å². The minimum absolute atomic E-state index is 0.0554. The van der Waals surface area contributed by atoms with Crippen molar-refractivity contribution in [1.29, 1.82) is 0 Å². The lowest BCUT2D eigenvalue weighted by molar-refractivity contribution is 0.598. The molecule has 10 heteroatoms. The van der Waals surface area contributed by atoms with Crippen molar-refractivity contribution in [2.75, 3.05) is 24.0 Å². The van der Waals surface area contributed by atoms with Crippen LogP contribution in [0.3, 0.4) is 0 Å². The topological polar surface area (TPSA) is 91.9 Å². The number of benzene rings is 3. The molecule has 1 aliphatic heterocycles. The number of nitrogens with two attached hydrogens (primary N) is 1. The Kier molecular flexibility index (Phi) is 5.81. The Bertz CT molecular complexity index is 1500. The molecule has 0 saturated heterocycles. The molecule has 3 aromatic carbocycles. The minimum atomic E-state index is -3.79. The Labute approximate surface area is 207 Å². The summed E-state index contributed by atoms with van der Waals surface area (Å²) in [5, 5.41) is 13.5. The zero-order valence-electron chi connectivity index (χ0n) is 18.5. The maximum absolute atomic E-state index is 11.8. The molecule has 7 nitrogen and oxygen atoms in total. The van der Waals surface area contributed by atoms with E-state index in [4.69, 9.17) is 26.8 Å². The van der Waals surface area contributed by atoms with Crippen molar-refractivity contribution in [1.82, 2.24) is 4.98 Å². The fraction of sp³-hybridized carbons (Fsp3) is 0.167. The van der Waals surface area contributed by atoms with Crippen LogP contribution in [0.1, 0.15) is 23.6 Å². The Morgan fingerprint density at radius 2 is 1.76 bits per heavy atom. The van der Waals surface area contributed by atoms with E-state index < -0.39 is 10.0 Å². The molecule has 1 atom stereocenters. The zero-order chi connectivity index (χ0) is 24.0. The summed E-state index contributed by atoms with van der Waals surface area (Å²) < 4.78 is 24.3. The molecule has 1 aromatic heterocycles. The van der Waals surface area contributed by atoms with E-state index in [0.717, 1.165) is 27.2 Å². The largest absolute Gasteiger partial charge is 0.378 e. The van der Waals surface area contributed by atoms with Crippen molar-refractivity contribution in [2.24, 2.45) is 10.2 Å². The van der Waals surface area contributed by atoms with Crippen LogP contribution in [0.2, 0.25) is 5.02 Å². The number of anilines is 2. The van der Waals surface area contributed by atoms with Gasteiger partial charge < -0.3 is 4.90 Å². The number of fused-ring (bicyclic) bond motifs is 1. The molecule has 34 heavy (non-hydrogen) atoms. The number of aromatic nitrogens is 1. The average Bonchev–Trinajstić information content (AvgIpc) is 3.43. The highest BCUT2D eigenvalue weighted by molar-refractivity contribution is 7.89. The number of nitrogens with zero attached hydrogens (tertiary/aromatic N) is 4. The first-order valence-electron chi connectivity index (χ1n) is 10.5. The Balaban J connectivity index is 1.58. The molecular weight excluding hydrogens is 490 g/mol. The molecule has 0 bridgehead atoms. The van der Waals surface area contributed by atoms with Gasteiger partial charge in [0.05, 0.1) is 26.9 Å². The SMILES string of the molecule is CN(C)c1ccc(C2CC(c3ccc(Cl)cc3)=NN2c2nc3ccc(S(N)(=O)=O)cc3s2)cc1. The summed E-state index contributed by atoms with van der Waals surface area (Å²) in [6.07, 6.45) is 0.696. The van der Waals surface area contributed by atoms with Gasteiger partial charge >= 0.3 is 0 Å². The van der Waals surface area contributed by atoms with Gasteiger partial charge in [0, 0.05) is 31.2 Å². The van der Waals surface area contributed by atoms with Gasteiger partial charge in [-0.25, -0.2) is 23.5 Å². The second kappa shape index (κ2) is 8.66. The molecule has 0 fully saturated rings. The van der Waals surface area contributed by atoms with Gasteiger partial charge in [-0.2, -0.15) is 5.10 Å². The first kappa shape index (κ1) is 22.8. The maximum Gasteiger partial charge on any atom is 0.238 e. The summed E-state index contributed by atoms with van der Waals surface area (Å²) in [5.41, 5.74) is 4.86. The van der Waals surface area contributed by atoms with E-state index in [-0.39, 0.29) is 10.9 Å². The highest BCUT2D eigenvalue weighted by Crippen LogP contribution is 2.41. The summed E-state index contributed by atoms with van der Waals surface area (Å²) >= 11 is 7.47. The van der Waals surface area contributed by atoms with Crippen LogP contribution in [-0.4, -0.2) is 33.2 Å². The maximum atomic E-state index is 11.8. The van der Waals surface area contributed by atoms with E-state index in [1.807, 2.05) is 43.4 Å². The molecule has 174 valence electrons. The zero-order valence-corrected chi connectivity index (χ0v) is 20.9. The summed E-state index contributed by atoms with van der Waals surface area (Å²) in [6, 6.07) is 20.7. The molecule has 2 heterocycles. The number of hydrogen-bond donors (Lipinski definition) is 1. The molecule has 0 spiro atoms. The first-order valence-corrected chi connectivity index (χ1v) is 13.3. The monoisotopic (exact) mass is 511 g/mol. The molecule has 5 rings (SSSR count). The number of sulfonamides is 1. The van der Waals surface area contributed by atoms with Gasteiger partial charge in [-0.3, -0.25) is 0 Å². The van der Waals surface area contributed by atoms with Crippen molar-refractivity contribution >= 4 is 59.7 Å². The second-order valence-electron chi connectivity index (χ2n) is 8.28.